The lowest BCUT2D eigenvalue weighted by Gasteiger charge is -2.29. The summed E-state index contributed by atoms with van der Waals surface area (Å²) in [6.07, 6.45) is 5.64. The molecule has 2 unspecified atom stereocenters. The summed E-state index contributed by atoms with van der Waals surface area (Å²) in [7, 11) is 1.91. The van der Waals surface area contributed by atoms with E-state index in [1.54, 1.807) is 0 Å². The van der Waals surface area contributed by atoms with Crippen molar-refractivity contribution in [2.45, 2.75) is 64.3 Å². The Balaban J connectivity index is 2.12. The van der Waals surface area contributed by atoms with Crippen LogP contribution in [0.15, 0.2) is 0 Å². The second-order valence-electron chi connectivity index (χ2n) is 6.40. The monoisotopic (exact) mass is 324 g/mol. The molecule has 1 aliphatic rings. The Morgan fingerprint density at radius 3 is 2.64 bits per heavy atom. The van der Waals surface area contributed by atoms with Gasteiger partial charge in [-0.25, -0.2) is 4.79 Å². The van der Waals surface area contributed by atoms with Crippen LogP contribution in [0.25, 0.3) is 0 Å². The van der Waals surface area contributed by atoms with Crippen LogP contribution in [0.3, 0.4) is 0 Å². The molecule has 124 valence electrons. The molecule has 1 aliphatic carbocycles. The molecule has 2 amide bonds. The Bertz CT molecular complexity index is 540. The molecule has 2 rings (SSSR count). The smallest absolute Gasteiger partial charge is 0.321 e. The summed E-state index contributed by atoms with van der Waals surface area (Å²) in [6.45, 7) is 8.15. The number of aromatic nitrogens is 2. The summed E-state index contributed by atoms with van der Waals surface area (Å²) in [5.74, 6) is 0. The van der Waals surface area contributed by atoms with Crippen LogP contribution in [0.1, 0.15) is 50.5 Å². The first-order valence-electron chi connectivity index (χ1n) is 7.99. The molecular formula is C16H28N4OS. The SMILES string of the molecule is CSC1CCCC1N(C)C(=O)Nc1c(C)nn(C(C)C)c1C. The molecule has 1 heterocycles. The quantitative estimate of drug-likeness (QED) is 0.916. The van der Waals surface area contributed by atoms with Crippen molar-refractivity contribution < 1.29 is 4.79 Å². The number of aryl methyl sites for hydroxylation is 1. The van der Waals surface area contributed by atoms with Crippen LogP contribution in [0.2, 0.25) is 0 Å². The van der Waals surface area contributed by atoms with Crippen LogP contribution < -0.4 is 5.32 Å². The van der Waals surface area contributed by atoms with Gasteiger partial charge >= 0.3 is 6.03 Å². The Morgan fingerprint density at radius 1 is 1.41 bits per heavy atom. The highest BCUT2D eigenvalue weighted by Gasteiger charge is 2.32. The molecule has 1 aromatic heterocycles. The number of nitrogens with zero attached hydrogens (tertiary/aromatic N) is 3. The number of carbonyl (C=O) groups excluding carboxylic acids is 1. The van der Waals surface area contributed by atoms with Crippen molar-refractivity contribution in [2.24, 2.45) is 0 Å². The van der Waals surface area contributed by atoms with Crippen molar-refractivity contribution >= 4 is 23.5 Å². The maximum absolute atomic E-state index is 12.6. The average molecular weight is 324 g/mol. The zero-order valence-electron chi connectivity index (χ0n) is 14.5. The summed E-state index contributed by atoms with van der Waals surface area (Å²) in [4.78, 5) is 14.5. The van der Waals surface area contributed by atoms with Crippen molar-refractivity contribution in [3.05, 3.63) is 11.4 Å². The zero-order chi connectivity index (χ0) is 16.4. The lowest BCUT2D eigenvalue weighted by Crippen LogP contribution is -2.43. The topological polar surface area (TPSA) is 50.2 Å². The molecule has 0 aliphatic heterocycles. The molecule has 1 saturated carbocycles. The van der Waals surface area contributed by atoms with E-state index < -0.39 is 0 Å². The number of anilines is 1. The van der Waals surface area contributed by atoms with Crippen LogP contribution in [0.4, 0.5) is 10.5 Å². The summed E-state index contributed by atoms with van der Waals surface area (Å²) in [5, 5.41) is 8.15. The van der Waals surface area contributed by atoms with Crippen LogP contribution in [-0.4, -0.2) is 45.3 Å². The summed E-state index contributed by atoms with van der Waals surface area (Å²) in [5.41, 5.74) is 2.74. The molecular weight excluding hydrogens is 296 g/mol. The molecule has 0 radical (unpaired) electrons. The Hall–Kier alpha value is -1.17. The molecule has 0 bridgehead atoms. The van der Waals surface area contributed by atoms with Crippen molar-refractivity contribution in [1.29, 1.82) is 0 Å². The molecule has 0 saturated heterocycles. The van der Waals surface area contributed by atoms with Gasteiger partial charge in [0.05, 0.1) is 17.1 Å². The predicted molar refractivity (Wildman–Crippen MR) is 93.8 cm³/mol. The fraction of sp³-hybridized carbons (Fsp3) is 0.750. The standard InChI is InChI=1S/C16H28N4OS/c1-10(2)20-12(4)15(11(3)18-20)17-16(21)19(5)13-8-7-9-14(13)22-6/h10,13-14H,7-9H2,1-6H3,(H,17,21). The van der Waals surface area contributed by atoms with E-state index in [2.05, 4.69) is 30.5 Å². The van der Waals surface area contributed by atoms with E-state index in [1.165, 1.54) is 12.8 Å². The van der Waals surface area contributed by atoms with Crippen LogP contribution in [0, 0.1) is 13.8 Å². The van der Waals surface area contributed by atoms with Gasteiger partial charge in [-0.1, -0.05) is 6.42 Å². The number of hydrogen-bond donors (Lipinski definition) is 1. The number of carbonyl (C=O) groups is 1. The normalized spacial score (nSPS) is 21.4. The van der Waals surface area contributed by atoms with Gasteiger partial charge in [0.2, 0.25) is 0 Å². The molecule has 1 fully saturated rings. The third kappa shape index (κ3) is 3.26. The fourth-order valence-corrected chi connectivity index (χ4v) is 4.35. The van der Waals surface area contributed by atoms with E-state index in [4.69, 9.17) is 0 Å². The minimum Gasteiger partial charge on any atom is -0.323 e. The van der Waals surface area contributed by atoms with Gasteiger partial charge in [-0.2, -0.15) is 16.9 Å². The number of amides is 2. The highest BCUT2D eigenvalue weighted by Crippen LogP contribution is 2.32. The zero-order valence-corrected chi connectivity index (χ0v) is 15.3. The van der Waals surface area contributed by atoms with E-state index in [9.17, 15) is 4.79 Å². The molecule has 5 nitrogen and oxygen atoms in total. The van der Waals surface area contributed by atoms with E-state index in [0.29, 0.717) is 11.3 Å². The third-order valence-electron chi connectivity index (χ3n) is 4.58. The summed E-state index contributed by atoms with van der Waals surface area (Å²) >= 11 is 1.87. The Morgan fingerprint density at radius 2 is 2.09 bits per heavy atom. The lowest BCUT2D eigenvalue weighted by atomic mass is 10.2. The lowest BCUT2D eigenvalue weighted by molar-refractivity contribution is 0.206. The van der Waals surface area contributed by atoms with Crippen molar-refractivity contribution in [3.63, 3.8) is 0 Å². The van der Waals surface area contributed by atoms with Gasteiger partial charge < -0.3 is 10.2 Å². The van der Waals surface area contributed by atoms with Gasteiger partial charge in [0.1, 0.15) is 0 Å². The van der Waals surface area contributed by atoms with E-state index in [-0.39, 0.29) is 12.1 Å². The van der Waals surface area contributed by atoms with Crippen LogP contribution in [-0.2, 0) is 0 Å². The van der Waals surface area contributed by atoms with Gasteiger partial charge in [0, 0.05) is 24.4 Å². The molecule has 6 heteroatoms. The number of urea groups is 1. The van der Waals surface area contributed by atoms with E-state index in [1.807, 2.05) is 42.2 Å². The molecule has 22 heavy (non-hydrogen) atoms. The third-order valence-corrected chi connectivity index (χ3v) is 5.74. The number of nitrogens with one attached hydrogen (secondary N) is 1. The van der Waals surface area contributed by atoms with E-state index in [0.717, 1.165) is 23.5 Å². The van der Waals surface area contributed by atoms with Crippen molar-refractivity contribution in [2.75, 3.05) is 18.6 Å². The number of rotatable bonds is 4. The van der Waals surface area contributed by atoms with Crippen molar-refractivity contribution in [1.82, 2.24) is 14.7 Å². The van der Waals surface area contributed by atoms with Crippen molar-refractivity contribution in [3.8, 4) is 0 Å². The first kappa shape index (κ1) is 17.2. The maximum atomic E-state index is 12.6. The summed E-state index contributed by atoms with van der Waals surface area (Å²) in [6, 6.07) is 0.592. The highest BCUT2D eigenvalue weighted by molar-refractivity contribution is 7.99. The summed E-state index contributed by atoms with van der Waals surface area (Å²) < 4.78 is 1.96. The van der Waals surface area contributed by atoms with Gasteiger partial charge in [0.25, 0.3) is 0 Å². The Labute approximate surface area is 137 Å². The molecule has 1 aromatic rings. The van der Waals surface area contributed by atoms with Crippen LogP contribution >= 0.6 is 11.8 Å². The van der Waals surface area contributed by atoms with Gasteiger partial charge in [-0.3, -0.25) is 4.68 Å². The Kier molecular flexibility index (Phi) is 5.42. The molecule has 1 N–H and O–H groups in total. The number of thioether (sulfide) groups is 1. The first-order valence-corrected chi connectivity index (χ1v) is 9.27. The van der Waals surface area contributed by atoms with Crippen LogP contribution in [0.5, 0.6) is 0 Å². The predicted octanol–water partition coefficient (Wildman–Crippen LogP) is 3.83. The molecule has 0 spiro atoms. The van der Waals surface area contributed by atoms with E-state index >= 15 is 0 Å². The molecule has 2 atom stereocenters. The first-order chi connectivity index (χ1) is 10.4. The van der Waals surface area contributed by atoms with Gasteiger partial charge in [-0.15, -0.1) is 0 Å². The largest absolute Gasteiger partial charge is 0.323 e. The average Bonchev–Trinajstić information content (AvgIpc) is 3.05. The minimum absolute atomic E-state index is 0.0274. The van der Waals surface area contributed by atoms with Gasteiger partial charge in [0.15, 0.2) is 0 Å². The fourth-order valence-electron chi connectivity index (χ4n) is 3.32. The minimum atomic E-state index is -0.0274. The molecule has 0 aromatic carbocycles. The number of hydrogen-bond acceptors (Lipinski definition) is 3. The maximum Gasteiger partial charge on any atom is 0.321 e. The second kappa shape index (κ2) is 6.94. The second-order valence-corrected chi connectivity index (χ2v) is 7.47. The highest BCUT2D eigenvalue weighted by atomic mass is 32.2. The van der Waals surface area contributed by atoms with Gasteiger partial charge in [-0.05, 0) is 46.8 Å².